The van der Waals surface area contributed by atoms with Crippen molar-refractivity contribution in [2.24, 2.45) is 0 Å². The summed E-state index contributed by atoms with van der Waals surface area (Å²) >= 11 is 1.98. The first-order valence-corrected chi connectivity index (χ1v) is 12.6. The fraction of sp³-hybridized carbons (Fsp3) is 0. The lowest BCUT2D eigenvalue weighted by atomic mass is 10.3. The predicted molar refractivity (Wildman–Crippen MR) is 116 cm³/mol. The maximum atomic E-state index is 11.9. The van der Waals surface area contributed by atoms with Crippen LogP contribution < -0.4 is 11.5 Å². The molecule has 0 fully saturated rings. The second-order valence-corrected chi connectivity index (χ2v) is 11.0. The monoisotopic (exact) mass is 484 g/mol. The van der Waals surface area contributed by atoms with Crippen molar-refractivity contribution in [3.8, 4) is 0 Å². The van der Waals surface area contributed by atoms with E-state index in [-0.39, 0.29) is 9.79 Å². The van der Waals surface area contributed by atoms with E-state index in [4.69, 9.17) is 11.5 Å². The van der Waals surface area contributed by atoms with Crippen molar-refractivity contribution in [2.75, 3.05) is 11.5 Å². The van der Waals surface area contributed by atoms with Crippen LogP contribution in [0, 0.1) is 0 Å². The van der Waals surface area contributed by atoms with Crippen molar-refractivity contribution in [3.63, 3.8) is 0 Å². The molecule has 0 aliphatic rings. The molecule has 3 rings (SSSR count). The van der Waals surface area contributed by atoms with Crippen LogP contribution in [0.2, 0.25) is 0 Å². The summed E-state index contributed by atoms with van der Waals surface area (Å²) in [6.07, 6.45) is 0. The van der Waals surface area contributed by atoms with Gasteiger partial charge in [0.1, 0.15) is 9.79 Å². The fourth-order valence-electron chi connectivity index (χ4n) is 2.41. The molecule has 12 heteroatoms. The molecule has 6 N–H and O–H groups in total. The largest absolute Gasteiger partial charge is 0.399 e. The lowest BCUT2D eigenvalue weighted by molar-refractivity contribution is 0.477. The van der Waals surface area contributed by atoms with Gasteiger partial charge in [-0.05, 0) is 60.7 Å². The van der Waals surface area contributed by atoms with Crippen LogP contribution in [-0.2, 0) is 20.2 Å². The molecular formula is C18H16N2O6S4. The predicted octanol–water partition coefficient (Wildman–Crippen LogP) is 3.65. The van der Waals surface area contributed by atoms with E-state index >= 15 is 0 Å². The summed E-state index contributed by atoms with van der Waals surface area (Å²) in [4.78, 5) is 0.0896. The molecule has 8 nitrogen and oxygen atoms in total. The summed E-state index contributed by atoms with van der Waals surface area (Å²) < 4.78 is 66.9. The summed E-state index contributed by atoms with van der Waals surface area (Å²) in [6, 6.07) is 15.1. The van der Waals surface area contributed by atoms with E-state index in [9.17, 15) is 25.9 Å². The van der Waals surface area contributed by atoms with Crippen LogP contribution in [0.4, 0.5) is 11.4 Å². The fourth-order valence-corrected chi connectivity index (χ4v) is 6.33. The third-order valence-corrected chi connectivity index (χ3v) is 7.96. The van der Waals surface area contributed by atoms with Gasteiger partial charge in [-0.15, -0.1) is 0 Å². The van der Waals surface area contributed by atoms with E-state index in [0.29, 0.717) is 21.2 Å². The van der Waals surface area contributed by atoms with Crippen molar-refractivity contribution in [1.29, 1.82) is 0 Å². The highest BCUT2D eigenvalue weighted by Gasteiger charge is 2.25. The van der Waals surface area contributed by atoms with Crippen molar-refractivity contribution in [3.05, 3.63) is 60.7 Å². The Kier molecular flexibility index (Phi) is 6.36. The molecule has 0 amide bonds. The molecule has 0 aliphatic heterocycles. The number of benzene rings is 3. The molecule has 0 heterocycles. The highest BCUT2D eigenvalue weighted by molar-refractivity contribution is 8.01. The molecule has 0 saturated carbocycles. The highest BCUT2D eigenvalue weighted by atomic mass is 32.2. The zero-order chi connectivity index (χ0) is 22.1. The summed E-state index contributed by atoms with van der Waals surface area (Å²) in [6.45, 7) is 0. The molecule has 0 spiro atoms. The van der Waals surface area contributed by atoms with Crippen LogP contribution in [-0.4, -0.2) is 25.9 Å². The Morgan fingerprint density at radius 1 is 0.600 bits per heavy atom. The van der Waals surface area contributed by atoms with E-state index in [2.05, 4.69) is 0 Å². The number of nitrogens with two attached hydrogens (primary N) is 2. The second-order valence-electron chi connectivity index (χ2n) is 6.04. The van der Waals surface area contributed by atoms with Gasteiger partial charge < -0.3 is 11.5 Å². The molecular weight excluding hydrogens is 468 g/mol. The molecule has 0 aliphatic carbocycles. The summed E-state index contributed by atoms with van der Waals surface area (Å²) in [5.41, 5.74) is 12.3. The zero-order valence-corrected chi connectivity index (χ0v) is 18.4. The van der Waals surface area contributed by atoms with Gasteiger partial charge in [0.15, 0.2) is 0 Å². The van der Waals surface area contributed by atoms with Gasteiger partial charge in [0.05, 0.1) is 0 Å². The molecule has 0 bridgehead atoms. The number of hydrogen-bond donors (Lipinski definition) is 4. The van der Waals surface area contributed by atoms with E-state index < -0.39 is 30.0 Å². The van der Waals surface area contributed by atoms with Gasteiger partial charge in [0.25, 0.3) is 20.2 Å². The minimum atomic E-state index is -4.79. The van der Waals surface area contributed by atoms with Crippen LogP contribution in [0.5, 0.6) is 0 Å². The number of rotatable bonds is 6. The molecule has 158 valence electrons. The van der Waals surface area contributed by atoms with Crippen LogP contribution in [0.1, 0.15) is 0 Å². The Morgan fingerprint density at radius 2 is 0.933 bits per heavy atom. The van der Waals surface area contributed by atoms with E-state index in [1.165, 1.54) is 6.07 Å². The number of nitrogen functional groups attached to an aromatic ring is 2. The maximum Gasteiger partial charge on any atom is 0.295 e. The summed E-state index contributed by atoms with van der Waals surface area (Å²) in [5, 5.41) is 0. The Labute approximate surface area is 182 Å². The molecule has 0 radical (unpaired) electrons. The van der Waals surface area contributed by atoms with E-state index in [0.717, 1.165) is 29.6 Å². The third kappa shape index (κ3) is 5.47. The van der Waals surface area contributed by atoms with Gasteiger partial charge in [-0.25, -0.2) is 0 Å². The molecule has 3 aromatic carbocycles. The number of hydrogen-bond acceptors (Lipinski definition) is 8. The summed E-state index contributed by atoms with van der Waals surface area (Å²) in [7, 11) is -9.57. The van der Waals surface area contributed by atoms with Gasteiger partial charge in [-0.2, -0.15) is 16.8 Å². The molecule has 0 unspecified atom stereocenters. The van der Waals surface area contributed by atoms with Gasteiger partial charge in [-0.1, -0.05) is 23.5 Å². The minimum Gasteiger partial charge on any atom is -0.399 e. The van der Waals surface area contributed by atoms with E-state index in [1.54, 1.807) is 48.5 Å². The standard InChI is InChI=1S/C18H16N2O6S4/c19-11-1-5-13(6-2-11)27-15-9-16(28-14-7-3-12(20)4-8-14)18(30(24,25)26)10-17(15)29(21,22)23/h1-10H,19-20H2,(H,21,22,23)(H,24,25,26). The Morgan fingerprint density at radius 3 is 1.23 bits per heavy atom. The minimum absolute atomic E-state index is 0.0765. The highest BCUT2D eigenvalue weighted by Crippen LogP contribution is 2.41. The first kappa shape index (κ1) is 22.5. The molecule has 0 saturated heterocycles. The van der Waals surface area contributed by atoms with Crippen LogP contribution >= 0.6 is 23.5 Å². The average Bonchev–Trinajstić information content (AvgIpc) is 2.64. The zero-order valence-electron chi connectivity index (χ0n) is 15.1. The quantitative estimate of drug-likeness (QED) is 0.300. The van der Waals surface area contributed by atoms with Crippen molar-refractivity contribution in [2.45, 2.75) is 29.4 Å². The SMILES string of the molecule is Nc1ccc(Sc2cc(Sc3ccc(N)cc3)c(S(=O)(=O)O)cc2S(=O)(=O)O)cc1. The first-order chi connectivity index (χ1) is 13.9. The lowest BCUT2D eigenvalue weighted by Gasteiger charge is -2.13. The molecule has 3 aromatic rings. The summed E-state index contributed by atoms with van der Waals surface area (Å²) in [5.74, 6) is 0. The van der Waals surface area contributed by atoms with Gasteiger partial charge in [0, 0.05) is 31.0 Å². The van der Waals surface area contributed by atoms with Gasteiger partial charge >= 0.3 is 0 Å². The average molecular weight is 485 g/mol. The Balaban J connectivity index is 2.18. The van der Waals surface area contributed by atoms with Gasteiger partial charge in [0.2, 0.25) is 0 Å². The van der Waals surface area contributed by atoms with Crippen LogP contribution in [0.15, 0.2) is 90.0 Å². The van der Waals surface area contributed by atoms with Crippen molar-refractivity contribution < 1.29 is 25.9 Å². The Hall–Kier alpha value is -2.22. The van der Waals surface area contributed by atoms with Gasteiger partial charge in [-0.3, -0.25) is 9.11 Å². The van der Waals surface area contributed by atoms with Crippen molar-refractivity contribution >= 4 is 55.1 Å². The maximum absolute atomic E-state index is 11.9. The Bertz CT molecular complexity index is 1190. The second kappa shape index (κ2) is 8.49. The van der Waals surface area contributed by atoms with E-state index in [1.807, 2.05) is 0 Å². The normalized spacial score (nSPS) is 12.1. The molecule has 0 aromatic heterocycles. The molecule has 0 atom stereocenters. The number of anilines is 2. The van der Waals surface area contributed by atoms with Crippen molar-refractivity contribution in [1.82, 2.24) is 0 Å². The topological polar surface area (TPSA) is 161 Å². The smallest absolute Gasteiger partial charge is 0.295 e. The molecule has 30 heavy (non-hydrogen) atoms. The third-order valence-electron chi connectivity index (χ3n) is 3.78. The van der Waals surface area contributed by atoms with Crippen LogP contribution in [0.3, 0.4) is 0 Å². The lowest BCUT2D eigenvalue weighted by Crippen LogP contribution is -2.06. The van der Waals surface area contributed by atoms with Crippen LogP contribution in [0.25, 0.3) is 0 Å². The first-order valence-electron chi connectivity index (χ1n) is 8.13.